The van der Waals surface area contributed by atoms with Crippen LogP contribution < -0.4 is 4.98 Å². The van der Waals surface area contributed by atoms with Gasteiger partial charge in [-0.05, 0) is 25.8 Å². The number of hydrogen-bond donors (Lipinski definition) is 3. The summed E-state index contributed by atoms with van der Waals surface area (Å²) in [4.78, 5) is 26.3. The third-order valence-electron chi connectivity index (χ3n) is 3.55. The summed E-state index contributed by atoms with van der Waals surface area (Å²) in [6.07, 6.45) is 0. The van der Waals surface area contributed by atoms with Crippen molar-refractivity contribution in [2.75, 3.05) is 6.61 Å². The SMILES string of the molecule is CC(C)(C)OC(=O)C[Si](C)(NC(CO)C(=O)O)C(C)(C)C. The van der Waals surface area contributed by atoms with Crippen molar-refractivity contribution >= 4 is 20.2 Å². The van der Waals surface area contributed by atoms with Crippen LogP contribution in [0.3, 0.4) is 0 Å². The number of nitrogens with one attached hydrogen (secondary N) is 1. The molecule has 3 N–H and O–H groups in total. The second-order valence-electron chi connectivity index (χ2n) is 7.56. The minimum atomic E-state index is -2.53. The Kier molecular flexibility index (Phi) is 6.59. The van der Waals surface area contributed by atoms with Gasteiger partial charge < -0.3 is 19.9 Å². The number of carbonyl (C=O) groups is 2. The third kappa shape index (κ3) is 6.58. The van der Waals surface area contributed by atoms with Crippen molar-refractivity contribution in [1.82, 2.24) is 4.98 Å². The Balaban J connectivity index is 5.20. The maximum Gasteiger partial charge on any atom is 0.322 e. The molecule has 6 nitrogen and oxygen atoms in total. The van der Waals surface area contributed by atoms with Gasteiger partial charge in [0.05, 0.1) is 12.7 Å². The summed E-state index contributed by atoms with van der Waals surface area (Å²) < 4.78 is 5.35. The summed E-state index contributed by atoms with van der Waals surface area (Å²) in [6.45, 7) is 12.7. The van der Waals surface area contributed by atoms with E-state index < -0.39 is 32.5 Å². The number of rotatable bonds is 6. The highest BCUT2D eigenvalue weighted by molar-refractivity contribution is 6.81. The van der Waals surface area contributed by atoms with Crippen LogP contribution >= 0.6 is 0 Å². The number of esters is 1. The largest absolute Gasteiger partial charge is 0.480 e. The molecule has 0 aliphatic rings. The standard InChI is InChI=1S/C14H29NO5Si/c1-13(2,3)20-11(17)9-21(7,14(4,5)6)15-10(8-16)12(18)19/h10,15-16H,8-9H2,1-7H3,(H,18,19). The van der Waals surface area contributed by atoms with E-state index in [2.05, 4.69) is 4.98 Å². The number of carbonyl (C=O) groups excluding carboxylic acids is 1. The maximum atomic E-state index is 12.1. The molecule has 0 saturated heterocycles. The van der Waals surface area contributed by atoms with Gasteiger partial charge in [-0.25, -0.2) is 0 Å². The molecular weight excluding hydrogens is 290 g/mol. The molecule has 0 saturated carbocycles. The fraction of sp³-hybridized carbons (Fsp3) is 0.857. The predicted octanol–water partition coefficient (Wildman–Crippen LogP) is 1.74. The second kappa shape index (κ2) is 6.89. The first-order chi connectivity index (χ1) is 9.22. The molecule has 21 heavy (non-hydrogen) atoms. The molecule has 124 valence electrons. The average Bonchev–Trinajstić information content (AvgIpc) is 2.20. The van der Waals surface area contributed by atoms with Gasteiger partial charge in [0.1, 0.15) is 19.9 Å². The van der Waals surface area contributed by atoms with Crippen LogP contribution in [0.15, 0.2) is 0 Å². The molecule has 0 aromatic rings. The van der Waals surface area contributed by atoms with Gasteiger partial charge in [-0.3, -0.25) is 9.59 Å². The summed E-state index contributed by atoms with van der Waals surface area (Å²) >= 11 is 0. The first-order valence-electron chi connectivity index (χ1n) is 7.05. The first kappa shape index (κ1) is 20.1. The Morgan fingerprint density at radius 3 is 1.95 bits per heavy atom. The second-order valence-corrected chi connectivity index (χ2v) is 12.4. The minimum Gasteiger partial charge on any atom is -0.480 e. The zero-order valence-corrected chi connectivity index (χ0v) is 15.1. The topological polar surface area (TPSA) is 95.9 Å². The Hall–Kier alpha value is -0.923. The van der Waals surface area contributed by atoms with Crippen molar-refractivity contribution in [2.45, 2.75) is 70.8 Å². The number of aliphatic hydroxyl groups is 1. The summed E-state index contributed by atoms with van der Waals surface area (Å²) in [5.74, 6) is -1.47. The van der Waals surface area contributed by atoms with Gasteiger partial charge in [0.15, 0.2) is 0 Å². The quantitative estimate of drug-likeness (QED) is 0.510. The third-order valence-corrected chi connectivity index (χ3v) is 8.84. The van der Waals surface area contributed by atoms with E-state index in [9.17, 15) is 14.7 Å². The zero-order valence-electron chi connectivity index (χ0n) is 14.1. The molecule has 0 amide bonds. The molecule has 0 aromatic carbocycles. The van der Waals surface area contributed by atoms with E-state index in [1.165, 1.54) is 0 Å². The Morgan fingerprint density at radius 1 is 1.19 bits per heavy atom. The van der Waals surface area contributed by atoms with Crippen LogP contribution in [-0.2, 0) is 14.3 Å². The molecule has 2 atom stereocenters. The van der Waals surface area contributed by atoms with E-state index in [1.807, 2.05) is 27.3 Å². The zero-order chi connectivity index (χ0) is 17.1. The molecular formula is C14H29NO5Si. The lowest BCUT2D eigenvalue weighted by atomic mass is 10.2. The monoisotopic (exact) mass is 319 g/mol. The van der Waals surface area contributed by atoms with Crippen LogP contribution in [0, 0.1) is 0 Å². The number of carboxylic acid groups (broad SMARTS) is 1. The molecule has 0 fully saturated rings. The lowest BCUT2D eigenvalue weighted by molar-refractivity contribution is -0.152. The molecule has 0 aromatic heterocycles. The van der Waals surface area contributed by atoms with Gasteiger partial charge in [-0.15, -0.1) is 0 Å². The van der Waals surface area contributed by atoms with E-state index in [0.29, 0.717) is 0 Å². The van der Waals surface area contributed by atoms with Crippen molar-refractivity contribution in [3.63, 3.8) is 0 Å². The van der Waals surface area contributed by atoms with Crippen LogP contribution in [0.5, 0.6) is 0 Å². The van der Waals surface area contributed by atoms with Crippen LogP contribution in [0.2, 0.25) is 17.6 Å². The number of aliphatic hydroxyl groups excluding tert-OH is 1. The Morgan fingerprint density at radius 2 is 1.67 bits per heavy atom. The highest BCUT2D eigenvalue weighted by Gasteiger charge is 2.45. The molecule has 0 rings (SSSR count). The molecule has 0 bridgehead atoms. The van der Waals surface area contributed by atoms with Crippen LogP contribution in [0.1, 0.15) is 41.5 Å². The molecule has 0 aliphatic heterocycles. The smallest absolute Gasteiger partial charge is 0.322 e. The molecule has 7 heteroatoms. The molecule has 0 radical (unpaired) electrons. The number of aliphatic carboxylic acids is 1. The first-order valence-corrected chi connectivity index (χ1v) is 9.76. The van der Waals surface area contributed by atoms with Crippen molar-refractivity contribution in [3.05, 3.63) is 0 Å². The van der Waals surface area contributed by atoms with Crippen molar-refractivity contribution in [2.24, 2.45) is 0 Å². The van der Waals surface area contributed by atoms with Gasteiger partial charge in [-0.2, -0.15) is 0 Å². The molecule has 0 spiro atoms. The summed E-state index contributed by atoms with van der Waals surface area (Å²) in [7, 11) is -2.53. The predicted molar refractivity (Wildman–Crippen MR) is 83.6 cm³/mol. The van der Waals surface area contributed by atoms with Crippen molar-refractivity contribution in [3.8, 4) is 0 Å². The van der Waals surface area contributed by atoms with E-state index >= 15 is 0 Å². The van der Waals surface area contributed by atoms with E-state index in [4.69, 9.17) is 9.84 Å². The van der Waals surface area contributed by atoms with Crippen LogP contribution in [0.25, 0.3) is 0 Å². The number of ether oxygens (including phenoxy) is 1. The summed E-state index contributed by atoms with van der Waals surface area (Å²) in [6, 6.07) is -0.916. The normalized spacial score (nSPS) is 17.0. The lowest BCUT2D eigenvalue weighted by Crippen LogP contribution is -2.62. The van der Waals surface area contributed by atoms with E-state index in [1.54, 1.807) is 20.8 Å². The van der Waals surface area contributed by atoms with Crippen molar-refractivity contribution < 1.29 is 24.5 Å². The highest BCUT2D eigenvalue weighted by atomic mass is 28.3. The van der Waals surface area contributed by atoms with Gasteiger partial charge in [-0.1, -0.05) is 27.3 Å². The Bertz CT molecular complexity index is 386. The number of hydrogen-bond acceptors (Lipinski definition) is 5. The molecule has 2 unspecified atom stereocenters. The van der Waals surface area contributed by atoms with E-state index in [0.717, 1.165) is 0 Å². The van der Waals surface area contributed by atoms with E-state index in [-0.39, 0.29) is 17.1 Å². The van der Waals surface area contributed by atoms with Gasteiger partial charge in [0.2, 0.25) is 0 Å². The lowest BCUT2D eigenvalue weighted by Gasteiger charge is -2.41. The fourth-order valence-electron chi connectivity index (χ4n) is 1.77. The number of carboxylic acids is 1. The van der Waals surface area contributed by atoms with Gasteiger partial charge in [0.25, 0.3) is 0 Å². The fourth-order valence-corrected chi connectivity index (χ4v) is 4.47. The highest BCUT2D eigenvalue weighted by Crippen LogP contribution is 2.37. The molecule has 0 aliphatic carbocycles. The van der Waals surface area contributed by atoms with Crippen molar-refractivity contribution in [1.29, 1.82) is 0 Å². The summed E-state index contributed by atoms with van der Waals surface area (Å²) in [5.41, 5.74) is -0.576. The maximum absolute atomic E-state index is 12.1. The van der Waals surface area contributed by atoms with Crippen LogP contribution in [-0.4, -0.2) is 48.6 Å². The van der Waals surface area contributed by atoms with Crippen LogP contribution in [0.4, 0.5) is 0 Å². The minimum absolute atomic E-state index is 0.150. The van der Waals surface area contributed by atoms with Gasteiger partial charge in [0, 0.05) is 0 Å². The average molecular weight is 319 g/mol. The van der Waals surface area contributed by atoms with Gasteiger partial charge >= 0.3 is 11.9 Å². The molecule has 0 heterocycles. The Labute approximate surface area is 128 Å². The summed E-state index contributed by atoms with van der Waals surface area (Å²) in [5, 5.41) is 18.0.